The first kappa shape index (κ1) is 16.6. The molecule has 1 N–H and O–H groups in total. The Hall–Kier alpha value is -2.28. The van der Waals surface area contributed by atoms with Crippen LogP contribution < -0.4 is 10.2 Å². The average Bonchev–Trinajstić information content (AvgIpc) is 3.18. The predicted octanol–water partition coefficient (Wildman–Crippen LogP) is 2.31. The molecule has 2 aromatic rings. The molecule has 0 spiro atoms. The lowest BCUT2D eigenvalue weighted by Gasteiger charge is -2.10. The first-order chi connectivity index (χ1) is 11.6. The zero-order valence-corrected chi connectivity index (χ0v) is 13.9. The Kier molecular flexibility index (Phi) is 5.20. The van der Waals surface area contributed by atoms with E-state index in [9.17, 15) is 14.0 Å². The molecule has 0 bridgehead atoms. The number of hydrogen-bond donors (Lipinski definition) is 1. The molecule has 7 heteroatoms. The monoisotopic (exact) mass is 347 g/mol. The summed E-state index contributed by atoms with van der Waals surface area (Å²) >= 11 is 1.39. The Morgan fingerprint density at radius 2 is 2.12 bits per heavy atom. The van der Waals surface area contributed by atoms with Crippen LogP contribution in [0.4, 0.5) is 9.52 Å². The second kappa shape index (κ2) is 7.53. The third kappa shape index (κ3) is 4.17. The van der Waals surface area contributed by atoms with E-state index < -0.39 is 0 Å². The normalized spacial score (nSPS) is 14.2. The molecule has 2 heterocycles. The Balaban J connectivity index is 1.46. The summed E-state index contributed by atoms with van der Waals surface area (Å²) in [6.45, 7) is 1.20. The van der Waals surface area contributed by atoms with Gasteiger partial charge in [0.15, 0.2) is 5.13 Å². The Bertz CT molecular complexity index is 730. The number of nitrogens with one attached hydrogen (secondary N) is 1. The summed E-state index contributed by atoms with van der Waals surface area (Å²) in [6, 6.07) is 6.24. The fraction of sp³-hybridized carbons (Fsp3) is 0.353. The van der Waals surface area contributed by atoms with E-state index in [2.05, 4.69) is 10.3 Å². The van der Waals surface area contributed by atoms with Crippen molar-refractivity contribution in [3.63, 3.8) is 0 Å². The van der Waals surface area contributed by atoms with Gasteiger partial charge in [0.05, 0.1) is 12.1 Å². The number of benzene rings is 1. The summed E-state index contributed by atoms with van der Waals surface area (Å²) in [7, 11) is 0. The minimum absolute atomic E-state index is 0.0969. The molecule has 0 atom stereocenters. The highest BCUT2D eigenvalue weighted by molar-refractivity contribution is 7.14. The smallest absolute Gasteiger partial charge is 0.228 e. The molecule has 1 aromatic heterocycles. The maximum Gasteiger partial charge on any atom is 0.228 e. The fourth-order valence-electron chi connectivity index (χ4n) is 2.58. The molecule has 5 nitrogen and oxygen atoms in total. The van der Waals surface area contributed by atoms with Gasteiger partial charge < -0.3 is 5.32 Å². The maximum atomic E-state index is 12.8. The Morgan fingerprint density at radius 1 is 1.33 bits per heavy atom. The number of carbonyl (C=O) groups excluding carboxylic acids is 2. The standard InChI is InChI=1S/C17H18FN3O2S/c18-13-5-3-12(4-6-13)7-8-19-15(22)10-14-11-24-17(20-14)21-9-1-2-16(21)23/h3-6,11H,1-2,7-10H2,(H,19,22). The van der Waals surface area contributed by atoms with Gasteiger partial charge in [0, 0.05) is 24.9 Å². The Labute approximate surface area is 143 Å². The number of amides is 2. The third-order valence-corrected chi connectivity index (χ3v) is 4.75. The molecule has 126 valence electrons. The number of aromatic nitrogens is 1. The summed E-state index contributed by atoms with van der Waals surface area (Å²) in [5.74, 6) is -0.278. The van der Waals surface area contributed by atoms with E-state index in [1.54, 1.807) is 17.0 Å². The second-order valence-electron chi connectivity index (χ2n) is 5.67. The lowest BCUT2D eigenvalue weighted by molar-refractivity contribution is -0.120. The van der Waals surface area contributed by atoms with Crippen molar-refractivity contribution < 1.29 is 14.0 Å². The molecule has 1 aliphatic heterocycles. The van der Waals surface area contributed by atoms with Crippen LogP contribution in [0.3, 0.4) is 0 Å². The zero-order chi connectivity index (χ0) is 16.9. The van der Waals surface area contributed by atoms with Gasteiger partial charge in [-0.15, -0.1) is 11.3 Å². The molecule has 2 amide bonds. The van der Waals surface area contributed by atoms with Crippen molar-refractivity contribution in [3.8, 4) is 0 Å². The van der Waals surface area contributed by atoms with Crippen LogP contribution in [0.2, 0.25) is 0 Å². The lowest BCUT2D eigenvalue weighted by atomic mass is 10.1. The van der Waals surface area contributed by atoms with Crippen molar-refractivity contribution in [3.05, 3.63) is 46.7 Å². The van der Waals surface area contributed by atoms with Gasteiger partial charge in [-0.2, -0.15) is 0 Å². The van der Waals surface area contributed by atoms with Crippen LogP contribution in [0.5, 0.6) is 0 Å². The van der Waals surface area contributed by atoms with Crippen LogP contribution in [0.1, 0.15) is 24.1 Å². The van der Waals surface area contributed by atoms with E-state index in [-0.39, 0.29) is 24.1 Å². The molecular weight excluding hydrogens is 329 g/mol. The second-order valence-corrected chi connectivity index (χ2v) is 6.51. The van der Waals surface area contributed by atoms with Crippen LogP contribution in [0.25, 0.3) is 0 Å². The van der Waals surface area contributed by atoms with E-state index in [1.165, 1.54) is 23.5 Å². The highest BCUT2D eigenvalue weighted by atomic mass is 32.1. The Morgan fingerprint density at radius 3 is 2.83 bits per heavy atom. The highest BCUT2D eigenvalue weighted by Gasteiger charge is 2.24. The van der Waals surface area contributed by atoms with Crippen molar-refractivity contribution in [2.45, 2.75) is 25.7 Å². The summed E-state index contributed by atoms with van der Waals surface area (Å²) < 4.78 is 12.8. The molecule has 0 saturated carbocycles. The average molecular weight is 347 g/mol. The SMILES string of the molecule is O=C(Cc1csc(N2CCCC2=O)n1)NCCc1ccc(F)cc1. The van der Waals surface area contributed by atoms with E-state index in [1.807, 2.05) is 5.38 Å². The summed E-state index contributed by atoms with van der Waals surface area (Å²) in [5, 5.41) is 5.33. The molecule has 0 unspecified atom stereocenters. The molecule has 24 heavy (non-hydrogen) atoms. The fourth-order valence-corrected chi connectivity index (χ4v) is 3.44. The highest BCUT2D eigenvalue weighted by Crippen LogP contribution is 2.25. The van der Waals surface area contributed by atoms with E-state index in [0.29, 0.717) is 36.8 Å². The van der Waals surface area contributed by atoms with E-state index in [0.717, 1.165) is 12.0 Å². The summed E-state index contributed by atoms with van der Waals surface area (Å²) in [5.41, 5.74) is 1.65. The van der Waals surface area contributed by atoms with Crippen LogP contribution in [-0.2, 0) is 22.4 Å². The van der Waals surface area contributed by atoms with Crippen LogP contribution in [0, 0.1) is 5.82 Å². The van der Waals surface area contributed by atoms with Gasteiger partial charge in [-0.1, -0.05) is 12.1 Å². The first-order valence-electron chi connectivity index (χ1n) is 7.88. The van der Waals surface area contributed by atoms with Crippen LogP contribution >= 0.6 is 11.3 Å². The molecule has 1 aromatic carbocycles. The minimum Gasteiger partial charge on any atom is -0.355 e. The van der Waals surface area contributed by atoms with Crippen LogP contribution in [0.15, 0.2) is 29.6 Å². The summed E-state index contributed by atoms with van der Waals surface area (Å²) in [6.07, 6.45) is 2.27. The lowest BCUT2D eigenvalue weighted by Crippen LogP contribution is -2.27. The van der Waals surface area contributed by atoms with Gasteiger partial charge in [0.25, 0.3) is 0 Å². The molecule has 1 fully saturated rings. The number of rotatable bonds is 6. The number of halogens is 1. The van der Waals surface area contributed by atoms with Crippen LogP contribution in [-0.4, -0.2) is 29.9 Å². The van der Waals surface area contributed by atoms with Gasteiger partial charge in [-0.3, -0.25) is 14.5 Å². The first-order valence-corrected chi connectivity index (χ1v) is 8.76. The van der Waals surface area contributed by atoms with Crippen molar-refractivity contribution >= 4 is 28.3 Å². The molecular formula is C17H18FN3O2S. The number of nitrogens with zero attached hydrogens (tertiary/aromatic N) is 2. The molecule has 1 aliphatic rings. The van der Waals surface area contributed by atoms with Gasteiger partial charge >= 0.3 is 0 Å². The maximum absolute atomic E-state index is 12.8. The molecule has 3 rings (SSSR count). The minimum atomic E-state index is -0.265. The molecule has 0 radical (unpaired) electrons. The zero-order valence-electron chi connectivity index (χ0n) is 13.1. The van der Waals surface area contributed by atoms with Crippen molar-refractivity contribution in [2.75, 3.05) is 18.0 Å². The topological polar surface area (TPSA) is 62.3 Å². The number of carbonyl (C=O) groups is 2. The van der Waals surface area contributed by atoms with E-state index in [4.69, 9.17) is 0 Å². The van der Waals surface area contributed by atoms with Crippen molar-refractivity contribution in [1.29, 1.82) is 0 Å². The van der Waals surface area contributed by atoms with Crippen molar-refractivity contribution in [1.82, 2.24) is 10.3 Å². The van der Waals surface area contributed by atoms with Gasteiger partial charge in [-0.25, -0.2) is 9.37 Å². The molecule has 1 saturated heterocycles. The number of thiazole rings is 1. The number of anilines is 1. The van der Waals surface area contributed by atoms with Crippen molar-refractivity contribution in [2.24, 2.45) is 0 Å². The van der Waals surface area contributed by atoms with E-state index >= 15 is 0 Å². The quantitative estimate of drug-likeness (QED) is 0.872. The van der Waals surface area contributed by atoms with Gasteiger partial charge in [-0.05, 0) is 30.5 Å². The third-order valence-electron chi connectivity index (χ3n) is 3.83. The largest absolute Gasteiger partial charge is 0.355 e. The predicted molar refractivity (Wildman–Crippen MR) is 90.5 cm³/mol. The summed E-state index contributed by atoms with van der Waals surface area (Å²) in [4.78, 5) is 29.7. The van der Waals surface area contributed by atoms with Gasteiger partial charge in [0.2, 0.25) is 11.8 Å². The van der Waals surface area contributed by atoms with Gasteiger partial charge in [0.1, 0.15) is 5.82 Å². The number of hydrogen-bond acceptors (Lipinski definition) is 4. The molecule has 0 aliphatic carbocycles.